The number of carbonyl (C=O) groups is 2. The van der Waals surface area contributed by atoms with Gasteiger partial charge in [-0.3, -0.25) is 9.59 Å². The molecule has 2 aromatic rings. The third-order valence-electron chi connectivity index (χ3n) is 3.68. The van der Waals surface area contributed by atoms with Crippen LogP contribution in [0.4, 0.5) is 0 Å². The molecule has 1 aromatic carbocycles. The van der Waals surface area contributed by atoms with E-state index in [0.29, 0.717) is 25.3 Å². The molecule has 0 radical (unpaired) electrons. The van der Waals surface area contributed by atoms with Crippen LogP contribution >= 0.6 is 0 Å². The summed E-state index contributed by atoms with van der Waals surface area (Å²) in [6, 6.07) is 11.4. The monoisotopic (exact) mass is 328 g/mol. The van der Waals surface area contributed by atoms with E-state index >= 15 is 0 Å². The fourth-order valence-electron chi connectivity index (χ4n) is 2.40. The van der Waals surface area contributed by atoms with E-state index < -0.39 is 0 Å². The predicted molar refractivity (Wildman–Crippen MR) is 92.5 cm³/mol. The van der Waals surface area contributed by atoms with Crippen molar-refractivity contribution in [1.82, 2.24) is 10.6 Å². The lowest BCUT2D eigenvalue weighted by Crippen LogP contribution is -2.24. The van der Waals surface area contributed by atoms with Crippen LogP contribution in [0.2, 0.25) is 0 Å². The summed E-state index contributed by atoms with van der Waals surface area (Å²) in [7, 11) is 0. The van der Waals surface area contributed by atoms with Crippen LogP contribution in [0, 0.1) is 6.92 Å². The summed E-state index contributed by atoms with van der Waals surface area (Å²) in [6.45, 7) is 3.19. The second kappa shape index (κ2) is 9.55. The molecular formula is C19H24N2O3. The summed E-state index contributed by atoms with van der Waals surface area (Å²) in [5.41, 5.74) is 2.31. The van der Waals surface area contributed by atoms with Gasteiger partial charge in [-0.2, -0.15) is 0 Å². The summed E-state index contributed by atoms with van der Waals surface area (Å²) in [5.74, 6) is 0.192. The maximum atomic E-state index is 11.8. The third-order valence-corrected chi connectivity index (χ3v) is 3.68. The zero-order valence-corrected chi connectivity index (χ0v) is 14.0. The smallest absolute Gasteiger partial charge is 0.286 e. The Balaban J connectivity index is 1.51. The quantitative estimate of drug-likeness (QED) is 0.694. The molecular weight excluding hydrogens is 304 g/mol. The fraction of sp³-hybridized carbons (Fsp3) is 0.368. The molecule has 1 aromatic heterocycles. The van der Waals surface area contributed by atoms with Gasteiger partial charge in [0.1, 0.15) is 0 Å². The summed E-state index contributed by atoms with van der Waals surface area (Å²) in [5, 5.41) is 5.72. The first-order chi connectivity index (χ1) is 11.6. The molecule has 0 aliphatic carbocycles. The molecule has 1 heterocycles. The van der Waals surface area contributed by atoms with Crippen molar-refractivity contribution in [3.8, 4) is 0 Å². The van der Waals surface area contributed by atoms with Crippen LogP contribution in [0.15, 0.2) is 47.1 Å². The van der Waals surface area contributed by atoms with Crippen LogP contribution < -0.4 is 10.6 Å². The highest BCUT2D eigenvalue weighted by Crippen LogP contribution is 2.05. The predicted octanol–water partition coefficient (Wildman–Crippen LogP) is 3.19. The van der Waals surface area contributed by atoms with E-state index in [4.69, 9.17) is 4.42 Å². The lowest BCUT2D eigenvalue weighted by atomic mass is 10.1. The molecule has 0 atom stereocenters. The molecule has 0 aliphatic rings. The van der Waals surface area contributed by atoms with Crippen molar-refractivity contribution in [3.05, 3.63) is 59.5 Å². The van der Waals surface area contributed by atoms with Crippen LogP contribution in [-0.2, 0) is 11.3 Å². The molecule has 0 unspecified atom stereocenters. The van der Waals surface area contributed by atoms with Crippen molar-refractivity contribution in [3.63, 3.8) is 0 Å². The minimum absolute atomic E-state index is 0.0659. The van der Waals surface area contributed by atoms with Crippen LogP contribution in [0.3, 0.4) is 0 Å². The van der Waals surface area contributed by atoms with Crippen molar-refractivity contribution in [2.75, 3.05) is 6.54 Å². The first-order valence-corrected chi connectivity index (χ1v) is 8.29. The molecule has 2 N–H and O–H groups in total. The standard InChI is InChI=1S/C19H24N2O3/c1-15-7-5-8-16(13-15)14-21-18(22)10-3-2-4-11-20-19(23)17-9-6-12-24-17/h5-9,12-13H,2-4,10-11,14H2,1H3,(H,20,23)(H,21,22). The van der Waals surface area contributed by atoms with Gasteiger partial charge in [-0.1, -0.05) is 36.2 Å². The zero-order valence-electron chi connectivity index (χ0n) is 14.0. The number of unbranched alkanes of at least 4 members (excludes halogenated alkanes) is 2. The third kappa shape index (κ3) is 6.28. The van der Waals surface area contributed by atoms with Gasteiger partial charge in [-0.25, -0.2) is 0 Å². The van der Waals surface area contributed by atoms with Gasteiger partial charge in [-0.05, 0) is 37.5 Å². The SMILES string of the molecule is Cc1cccc(CNC(=O)CCCCCNC(=O)c2ccco2)c1. The van der Waals surface area contributed by atoms with Gasteiger partial charge in [0.2, 0.25) is 5.91 Å². The molecule has 24 heavy (non-hydrogen) atoms. The first kappa shape index (κ1) is 17.8. The number of nitrogens with one attached hydrogen (secondary N) is 2. The highest BCUT2D eigenvalue weighted by molar-refractivity contribution is 5.91. The summed E-state index contributed by atoms with van der Waals surface area (Å²) < 4.78 is 5.01. The van der Waals surface area contributed by atoms with Gasteiger partial charge in [-0.15, -0.1) is 0 Å². The molecule has 0 bridgehead atoms. The Morgan fingerprint density at radius 2 is 1.92 bits per heavy atom. The number of furan rings is 1. The molecule has 0 saturated carbocycles. The normalized spacial score (nSPS) is 10.4. The van der Waals surface area contributed by atoms with Crippen molar-refractivity contribution in [2.45, 2.75) is 39.2 Å². The topological polar surface area (TPSA) is 71.3 Å². The van der Waals surface area contributed by atoms with Crippen LogP contribution in [0.25, 0.3) is 0 Å². The lowest BCUT2D eigenvalue weighted by Gasteiger charge is -2.06. The number of carbonyl (C=O) groups excluding carboxylic acids is 2. The Labute approximate surface area is 142 Å². The van der Waals surface area contributed by atoms with Gasteiger partial charge in [0.25, 0.3) is 5.91 Å². The van der Waals surface area contributed by atoms with E-state index in [0.717, 1.165) is 24.8 Å². The largest absolute Gasteiger partial charge is 0.459 e. The number of hydrogen-bond donors (Lipinski definition) is 2. The Morgan fingerprint density at radius 3 is 2.67 bits per heavy atom. The lowest BCUT2D eigenvalue weighted by molar-refractivity contribution is -0.121. The van der Waals surface area contributed by atoms with Gasteiger partial charge in [0, 0.05) is 19.5 Å². The second-order valence-electron chi connectivity index (χ2n) is 5.81. The van der Waals surface area contributed by atoms with Gasteiger partial charge in [0.05, 0.1) is 6.26 Å². The number of rotatable bonds is 9. The fourth-order valence-corrected chi connectivity index (χ4v) is 2.40. The molecule has 0 spiro atoms. The van der Waals surface area contributed by atoms with Gasteiger partial charge >= 0.3 is 0 Å². The number of benzene rings is 1. The minimum Gasteiger partial charge on any atom is -0.459 e. The molecule has 128 valence electrons. The Kier molecular flexibility index (Phi) is 7.08. The van der Waals surface area contributed by atoms with E-state index in [2.05, 4.69) is 16.7 Å². The van der Waals surface area contributed by atoms with E-state index in [1.807, 2.05) is 25.1 Å². The average molecular weight is 328 g/mol. The summed E-state index contributed by atoms with van der Waals surface area (Å²) in [4.78, 5) is 23.4. The minimum atomic E-state index is -0.198. The highest BCUT2D eigenvalue weighted by atomic mass is 16.3. The summed E-state index contributed by atoms with van der Waals surface area (Å²) >= 11 is 0. The maximum Gasteiger partial charge on any atom is 0.286 e. The second-order valence-corrected chi connectivity index (χ2v) is 5.81. The van der Waals surface area contributed by atoms with Crippen molar-refractivity contribution in [2.24, 2.45) is 0 Å². The number of hydrogen-bond acceptors (Lipinski definition) is 3. The van der Waals surface area contributed by atoms with E-state index in [9.17, 15) is 9.59 Å². The number of amides is 2. The van der Waals surface area contributed by atoms with Crippen LogP contribution in [0.1, 0.15) is 47.4 Å². The Hall–Kier alpha value is -2.56. The van der Waals surface area contributed by atoms with E-state index in [-0.39, 0.29) is 11.8 Å². The van der Waals surface area contributed by atoms with Crippen molar-refractivity contribution < 1.29 is 14.0 Å². The Morgan fingerprint density at radius 1 is 1.04 bits per heavy atom. The van der Waals surface area contributed by atoms with E-state index in [1.54, 1.807) is 12.1 Å². The van der Waals surface area contributed by atoms with Gasteiger partial charge < -0.3 is 15.1 Å². The maximum absolute atomic E-state index is 11.8. The number of aryl methyl sites for hydroxylation is 1. The molecule has 0 aliphatic heterocycles. The van der Waals surface area contributed by atoms with Crippen LogP contribution in [-0.4, -0.2) is 18.4 Å². The highest BCUT2D eigenvalue weighted by Gasteiger charge is 2.07. The zero-order chi connectivity index (χ0) is 17.2. The van der Waals surface area contributed by atoms with E-state index in [1.165, 1.54) is 11.8 Å². The molecule has 0 saturated heterocycles. The molecule has 5 nitrogen and oxygen atoms in total. The first-order valence-electron chi connectivity index (χ1n) is 8.29. The van der Waals surface area contributed by atoms with Crippen molar-refractivity contribution in [1.29, 1.82) is 0 Å². The molecule has 0 fully saturated rings. The van der Waals surface area contributed by atoms with Gasteiger partial charge in [0.15, 0.2) is 5.76 Å². The van der Waals surface area contributed by atoms with Crippen LogP contribution in [0.5, 0.6) is 0 Å². The molecule has 2 amide bonds. The van der Waals surface area contributed by atoms with Crippen molar-refractivity contribution >= 4 is 11.8 Å². The molecule has 2 rings (SSSR count). The molecule has 5 heteroatoms. The summed E-state index contributed by atoms with van der Waals surface area (Å²) in [6.07, 6.45) is 4.55. The Bertz CT molecular complexity index is 650. The average Bonchev–Trinajstić information content (AvgIpc) is 3.10.